The molecule has 3 aliphatic rings. The van der Waals surface area contributed by atoms with Crippen LogP contribution in [-0.2, 0) is 24.3 Å². The number of carbonyl (C=O) groups is 2. The fourth-order valence-electron chi connectivity index (χ4n) is 3.76. The van der Waals surface area contributed by atoms with E-state index in [-0.39, 0.29) is 31.2 Å². The number of hydrogen-bond acceptors (Lipinski definition) is 5. The van der Waals surface area contributed by atoms with E-state index >= 15 is 0 Å². The van der Waals surface area contributed by atoms with Gasteiger partial charge in [0.1, 0.15) is 0 Å². The highest BCUT2D eigenvalue weighted by Crippen LogP contribution is 2.44. The Kier molecular flexibility index (Phi) is 3.90. The highest BCUT2D eigenvalue weighted by Gasteiger charge is 2.56. The van der Waals surface area contributed by atoms with Crippen LogP contribution in [0.25, 0.3) is 0 Å². The molecule has 3 rings (SSSR count). The van der Waals surface area contributed by atoms with E-state index in [0.717, 1.165) is 6.26 Å². The van der Waals surface area contributed by atoms with Crippen molar-refractivity contribution in [3.8, 4) is 0 Å². The van der Waals surface area contributed by atoms with E-state index in [1.807, 2.05) is 0 Å². The van der Waals surface area contributed by atoms with Gasteiger partial charge in [-0.3, -0.25) is 9.59 Å². The van der Waals surface area contributed by atoms with Gasteiger partial charge in [0, 0.05) is 26.2 Å². The Hall–Kier alpha value is -1.19. The first-order valence-electron chi connectivity index (χ1n) is 7.41. The Balaban J connectivity index is 1.69. The summed E-state index contributed by atoms with van der Waals surface area (Å²) in [5.74, 6) is -2.62. The lowest BCUT2D eigenvalue weighted by atomic mass is 9.78. The maximum Gasteiger partial charge on any atom is 0.310 e. The summed E-state index contributed by atoms with van der Waals surface area (Å²) >= 11 is 0. The van der Waals surface area contributed by atoms with Gasteiger partial charge in [0.2, 0.25) is 15.9 Å². The Morgan fingerprint density at radius 1 is 1.05 bits per heavy atom. The molecule has 0 aliphatic carbocycles. The molecule has 9 heteroatoms. The van der Waals surface area contributed by atoms with Crippen molar-refractivity contribution in [1.82, 2.24) is 9.21 Å². The smallest absolute Gasteiger partial charge is 0.310 e. The van der Waals surface area contributed by atoms with Crippen LogP contribution in [0.5, 0.6) is 0 Å². The van der Waals surface area contributed by atoms with Crippen LogP contribution in [0.2, 0.25) is 0 Å². The number of hydrogen-bond donors (Lipinski definition) is 1. The summed E-state index contributed by atoms with van der Waals surface area (Å²) in [6, 6.07) is 0. The third kappa shape index (κ3) is 2.61. The molecule has 0 aromatic rings. The Labute approximate surface area is 129 Å². The monoisotopic (exact) mass is 332 g/mol. The number of rotatable bonds is 3. The Morgan fingerprint density at radius 3 is 2.09 bits per heavy atom. The molecule has 3 aliphatic heterocycles. The number of fused-ring (bicyclic) bond motifs is 2. The average Bonchev–Trinajstić information content (AvgIpc) is 3.06. The lowest BCUT2D eigenvalue weighted by molar-refractivity contribution is -0.151. The van der Waals surface area contributed by atoms with Gasteiger partial charge in [-0.1, -0.05) is 0 Å². The lowest BCUT2D eigenvalue weighted by Gasteiger charge is -2.36. The van der Waals surface area contributed by atoms with Gasteiger partial charge in [-0.25, -0.2) is 8.42 Å². The van der Waals surface area contributed by atoms with Crippen molar-refractivity contribution < 1.29 is 27.9 Å². The third-order valence-electron chi connectivity index (χ3n) is 4.86. The standard InChI is InChI=1S/C13H20N2O6S/c1-22(19,20)15-6-4-14(5-7-15)12(16)10-8-2-3-9(21-8)11(10)13(17)18/h8-11H,2-7H2,1H3,(H,17,18)/t8-,9-,10+,11-/m0/s1. The summed E-state index contributed by atoms with van der Waals surface area (Å²) in [6.07, 6.45) is 1.87. The molecule has 0 spiro atoms. The van der Waals surface area contributed by atoms with Crippen LogP contribution in [0.3, 0.4) is 0 Å². The van der Waals surface area contributed by atoms with Gasteiger partial charge < -0.3 is 14.7 Å². The maximum absolute atomic E-state index is 12.7. The maximum atomic E-state index is 12.7. The predicted octanol–water partition coefficient (Wildman–Crippen LogP) is -1.03. The van der Waals surface area contributed by atoms with E-state index < -0.39 is 27.8 Å². The van der Waals surface area contributed by atoms with Crippen LogP contribution in [0, 0.1) is 11.8 Å². The van der Waals surface area contributed by atoms with E-state index in [4.69, 9.17) is 4.74 Å². The fourth-order valence-corrected chi connectivity index (χ4v) is 4.58. The van der Waals surface area contributed by atoms with Crippen LogP contribution in [0.15, 0.2) is 0 Å². The molecule has 8 nitrogen and oxygen atoms in total. The zero-order valence-electron chi connectivity index (χ0n) is 12.3. The first-order chi connectivity index (χ1) is 10.3. The van der Waals surface area contributed by atoms with Crippen molar-refractivity contribution in [1.29, 1.82) is 0 Å². The highest BCUT2D eigenvalue weighted by atomic mass is 32.2. The van der Waals surface area contributed by atoms with Crippen LogP contribution in [-0.4, -0.2) is 79.2 Å². The number of carboxylic acid groups (broad SMARTS) is 1. The number of ether oxygens (including phenoxy) is 1. The number of aliphatic carboxylic acids is 1. The zero-order valence-corrected chi connectivity index (χ0v) is 13.2. The number of piperazine rings is 1. The molecule has 0 unspecified atom stereocenters. The molecule has 2 bridgehead atoms. The summed E-state index contributed by atoms with van der Waals surface area (Å²) in [6.45, 7) is 1.10. The molecule has 0 aromatic heterocycles. The van der Waals surface area contributed by atoms with E-state index in [1.165, 1.54) is 4.31 Å². The fraction of sp³-hybridized carbons (Fsp3) is 0.846. The quantitative estimate of drug-likeness (QED) is 0.708. The second kappa shape index (κ2) is 5.47. The molecule has 1 amide bonds. The number of carbonyl (C=O) groups excluding carboxylic acids is 1. The third-order valence-corrected chi connectivity index (χ3v) is 6.17. The van der Waals surface area contributed by atoms with Crippen molar-refractivity contribution >= 4 is 21.9 Å². The highest BCUT2D eigenvalue weighted by molar-refractivity contribution is 7.88. The molecule has 0 saturated carbocycles. The summed E-state index contributed by atoms with van der Waals surface area (Å²) in [4.78, 5) is 25.7. The molecule has 124 valence electrons. The van der Waals surface area contributed by atoms with Gasteiger partial charge in [-0.2, -0.15) is 4.31 Å². The minimum Gasteiger partial charge on any atom is -0.481 e. The summed E-state index contributed by atoms with van der Waals surface area (Å²) in [5, 5.41) is 9.36. The molecular formula is C13H20N2O6S. The largest absolute Gasteiger partial charge is 0.481 e. The van der Waals surface area contributed by atoms with Crippen molar-refractivity contribution in [2.75, 3.05) is 32.4 Å². The number of sulfonamides is 1. The second-order valence-electron chi connectivity index (χ2n) is 6.17. The summed E-state index contributed by atoms with van der Waals surface area (Å²) < 4.78 is 29.9. The zero-order chi connectivity index (χ0) is 16.1. The summed E-state index contributed by atoms with van der Waals surface area (Å²) in [5.41, 5.74) is 0. The molecule has 3 heterocycles. The van der Waals surface area contributed by atoms with Crippen LogP contribution in [0.4, 0.5) is 0 Å². The molecule has 4 atom stereocenters. The van der Waals surface area contributed by atoms with Gasteiger partial charge in [0.15, 0.2) is 0 Å². The van der Waals surface area contributed by atoms with Gasteiger partial charge in [0.25, 0.3) is 0 Å². The Morgan fingerprint density at radius 2 is 1.59 bits per heavy atom. The van der Waals surface area contributed by atoms with Crippen molar-refractivity contribution in [3.63, 3.8) is 0 Å². The first-order valence-corrected chi connectivity index (χ1v) is 9.26. The first kappa shape index (κ1) is 15.7. The predicted molar refractivity (Wildman–Crippen MR) is 75.5 cm³/mol. The van der Waals surface area contributed by atoms with Crippen LogP contribution in [0.1, 0.15) is 12.8 Å². The van der Waals surface area contributed by atoms with E-state index in [9.17, 15) is 23.1 Å². The normalized spacial score (nSPS) is 35.8. The Bertz CT molecular complexity index is 583. The average molecular weight is 332 g/mol. The second-order valence-corrected chi connectivity index (χ2v) is 8.15. The van der Waals surface area contributed by atoms with E-state index in [2.05, 4.69) is 0 Å². The minimum atomic E-state index is -3.25. The molecule has 22 heavy (non-hydrogen) atoms. The van der Waals surface area contributed by atoms with Crippen molar-refractivity contribution in [2.24, 2.45) is 11.8 Å². The lowest BCUT2D eigenvalue weighted by Crippen LogP contribution is -2.54. The topological polar surface area (TPSA) is 104 Å². The van der Waals surface area contributed by atoms with Gasteiger partial charge in [-0.15, -0.1) is 0 Å². The van der Waals surface area contributed by atoms with Crippen LogP contribution < -0.4 is 0 Å². The van der Waals surface area contributed by atoms with E-state index in [0.29, 0.717) is 25.9 Å². The van der Waals surface area contributed by atoms with Crippen molar-refractivity contribution in [3.05, 3.63) is 0 Å². The van der Waals surface area contributed by atoms with Crippen molar-refractivity contribution in [2.45, 2.75) is 25.0 Å². The van der Waals surface area contributed by atoms with Gasteiger partial charge in [-0.05, 0) is 12.8 Å². The number of carboxylic acids is 1. The minimum absolute atomic E-state index is 0.215. The molecule has 0 aromatic carbocycles. The molecular weight excluding hydrogens is 312 g/mol. The number of nitrogens with zero attached hydrogens (tertiary/aromatic N) is 2. The van der Waals surface area contributed by atoms with Gasteiger partial charge in [0.05, 0.1) is 30.3 Å². The summed E-state index contributed by atoms with van der Waals surface area (Å²) in [7, 11) is -3.25. The molecule has 0 radical (unpaired) electrons. The molecule has 3 saturated heterocycles. The molecule has 1 N–H and O–H groups in total. The van der Waals surface area contributed by atoms with E-state index in [1.54, 1.807) is 4.90 Å². The SMILES string of the molecule is CS(=O)(=O)N1CCN(C(=O)[C@H]2[C@@H](C(=O)O)[C@@H]3CC[C@@H]2O3)CC1. The van der Waals surface area contributed by atoms with Crippen LogP contribution >= 0.6 is 0 Å². The van der Waals surface area contributed by atoms with Gasteiger partial charge >= 0.3 is 5.97 Å². The number of amides is 1. The molecule has 3 fully saturated rings.